The first kappa shape index (κ1) is 24.7. The first-order chi connectivity index (χ1) is 18.4. The van der Waals surface area contributed by atoms with E-state index < -0.39 is 20.5 Å². The van der Waals surface area contributed by atoms with Crippen LogP contribution in [-0.2, 0) is 28.4 Å². The second kappa shape index (κ2) is 9.58. The maximum atomic E-state index is 14.2. The van der Waals surface area contributed by atoms with Gasteiger partial charge in [0.25, 0.3) is 0 Å². The predicted octanol–water partition coefficient (Wildman–Crippen LogP) is 5.16. The third-order valence-corrected chi connectivity index (χ3v) is 10.4. The number of benzene rings is 2. The average molecular weight is 530 g/mol. The number of hydrogen-bond acceptors (Lipinski definition) is 5. The quantitative estimate of drug-likeness (QED) is 0.323. The fraction of sp³-hybridized carbons (Fsp3) is 0.300. The van der Waals surface area contributed by atoms with E-state index in [0.717, 1.165) is 22.5 Å². The van der Waals surface area contributed by atoms with E-state index in [1.165, 1.54) is 12.1 Å². The summed E-state index contributed by atoms with van der Waals surface area (Å²) in [7, 11) is -3.49. The van der Waals surface area contributed by atoms with Crippen LogP contribution in [0.25, 0.3) is 5.69 Å². The number of hydrogen-bond donors (Lipinski definition) is 0. The molecule has 1 saturated carbocycles. The molecule has 38 heavy (non-hydrogen) atoms. The predicted molar refractivity (Wildman–Crippen MR) is 142 cm³/mol. The van der Waals surface area contributed by atoms with Crippen LogP contribution in [0.5, 0.6) is 0 Å². The van der Waals surface area contributed by atoms with E-state index in [2.05, 4.69) is 10.1 Å². The summed E-state index contributed by atoms with van der Waals surface area (Å²) in [5.74, 6) is -0.499. The van der Waals surface area contributed by atoms with Crippen molar-refractivity contribution >= 4 is 15.6 Å². The lowest BCUT2D eigenvalue weighted by atomic mass is 9.56. The number of nitrogens with zero attached hydrogens (tertiary/aromatic N) is 3. The molecule has 2 aliphatic rings. The first-order valence-electron chi connectivity index (χ1n) is 12.9. The van der Waals surface area contributed by atoms with E-state index >= 15 is 0 Å². The summed E-state index contributed by atoms with van der Waals surface area (Å²) in [6.45, 7) is 0. The van der Waals surface area contributed by atoms with Gasteiger partial charge in [-0.25, -0.2) is 17.5 Å². The van der Waals surface area contributed by atoms with Crippen LogP contribution in [0.2, 0.25) is 0 Å². The molecule has 4 aromatic rings. The maximum Gasteiger partial charge on any atom is 0.187 e. The van der Waals surface area contributed by atoms with Gasteiger partial charge in [0, 0.05) is 17.3 Å². The summed E-state index contributed by atoms with van der Waals surface area (Å²) in [5, 5.41) is 3.98. The molecule has 0 spiro atoms. The molecule has 2 aromatic heterocycles. The molecule has 0 aliphatic heterocycles. The molecule has 0 N–H and O–H groups in total. The molecule has 194 valence electrons. The zero-order valence-electron chi connectivity index (χ0n) is 20.8. The van der Waals surface area contributed by atoms with Crippen LogP contribution in [0.3, 0.4) is 0 Å². The standard InChI is InChI=1S/C30H28FN3O3S/c31-24-10-12-25(13-11-24)34-28-16-23-9-14-26(38(36,37)20-21-6-2-1-3-7-21)18-30(23,17-22(28)19-33-34)29(35)27-8-4-5-15-32-27/h1-8,10-13,15,19,23,26H,9,14,16-18,20H2/t23?,26-,30-/m0/s1. The molecule has 6 rings (SSSR count). The van der Waals surface area contributed by atoms with E-state index in [1.807, 2.05) is 35.0 Å². The van der Waals surface area contributed by atoms with Crippen molar-refractivity contribution in [2.45, 2.75) is 43.1 Å². The van der Waals surface area contributed by atoms with Crippen LogP contribution in [0.15, 0.2) is 85.2 Å². The SMILES string of the molecule is O=C(c1ccccn1)[C@]12Cc3cnn(-c4ccc(F)cc4)c3CC1CC[C@H](S(=O)(=O)Cc1ccccc1)C2. The normalized spacial score (nSPS) is 22.9. The maximum absolute atomic E-state index is 14.2. The average Bonchev–Trinajstić information content (AvgIpc) is 3.34. The van der Waals surface area contributed by atoms with Gasteiger partial charge in [0.05, 0.1) is 22.9 Å². The van der Waals surface area contributed by atoms with Crippen LogP contribution < -0.4 is 0 Å². The number of ketones is 1. The van der Waals surface area contributed by atoms with E-state index in [9.17, 15) is 17.6 Å². The summed E-state index contributed by atoms with van der Waals surface area (Å²) >= 11 is 0. The first-order valence-corrected chi connectivity index (χ1v) is 14.6. The third kappa shape index (κ3) is 4.36. The Labute approximate surface area is 221 Å². The van der Waals surface area contributed by atoms with Gasteiger partial charge in [-0.3, -0.25) is 9.78 Å². The van der Waals surface area contributed by atoms with Crippen LogP contribution in [0.4, 0.5) is 4.39 Å². The van der Waals surface area contributed by atoms with Crippen LogP contribution in [-0.4, -0.2) is 34.2 Å². The molecule has 0 saturated heterocycles. The zero-order chi connectivity index (χ0) is 26.3. The van der Waals surface area contributed by atoms with Gasteiger partial charge in [0.15, 0.2) is 15.6 Å². The number of carbonyl (C=O) groups excluding carboxylic acids is 1. The molecular formula is C30H28FN3O3S. The van der Waals surface area contributed by atoms with Gasteiger partial charge >= 0.3 is 0 Å². The van der Waals surface area contributed by atoms with Crippen molar-refractivity contribution in [2.24, 2.45) is 11.3 Å². The molecule has 0 radical (unpaired) electrons. The molecular weight excluding hydrogens is 501 g/mol. The van der Waals surface area contributed by atoms with Gasteiger partial charge in [-0.05, 0) is 85.5 Å². The number of pyridine rings is 1. The molecule has 0 amide bonds. The van der Waals surface area contributed by atoms with Crippen molar-refractivity contribution in [1.29, 1.82) is 0 Å². The Hall–Kier alpha value is -3.65. The van der Waals surface area contributed by atoms with Gasteiger partial charge < -0.3 is 0 Å². The van der Waals surface area contributed by atoms with Crippen molar-refractivity contribution in [3.63, 3.8) is 0 Å². The highest BCUT2D eigenvalue weighted by Crippen LogP contribution is 2.52. The summed E-state index contributed by atoms with van der Waals surface area (Å²) in [6, 6.07) is 20.7. The molecule has 6 nitrogen and oxygen atoms in total. The van der Waals surface area contributed by atoms with E-state index in [0.29, 0.717) is 31.4 Å². The van der Waals surface area contributed by atoms with Crippen LogP contribution >= 0.6 is 0 Å². The number of aromatic nitrogens is 3. The molecule has 3 atom stereocenters. The fourth-order valence-electron chi connectivity index (χ4n) is 6.34. The monoisotopic (exact) mass is 529 g/mol. The highest BCUT2D eigenvalue weighted by molar-refractivity contribution is 7.91. The lowest BCUT2D eigenvalue weighted by Crippen LogP contribution is -2.51. The summed E-state index contributed by atoms with van der Waals surface area (Å²) < 4.78 is 42.6. The van der Waals surface area contributed by atoms with Crippen LogP contribution in [0, 0.1) is 17.2 Å². The Balaban J connectivity index is 1.39. The number of Topliss-reactive ketones (excluding diaryl/α,β-unsaturated/α-hetero) is 1. The number of carbonyl (C=O) groups is 1. The van der Waals surface area contributed by atoms with Crippen molar-refractivity contribution in [3.05, 3.63) is 114 Å². The molecule has 2 aliphatic carbocycles. The van der Waals surface area contributed by atoms with Crippen LogP contribution in [0.1, 0.15) is 46.6 Å². The molecule has 2 aromatic carbocycles. The Morgan fingerprint density at radius 1 is 1.00 bits per heavy atom. The second-order valence-electron chi connectivity index (χ2n) is 10.5. The Kier molecular flexibility index (Phi) is 6.22. The lowest BCUT2D eigenvalue weighted by Gasteiger charge is -2.48. The van der Waals surface area contributed by atoms with Gasteiger partial charge in [-0.1, -0.05) is 36.4 Å². The van der Waals surface area contributed by atoms with Crippen molar-refractivity contribution in [3.8, 4) is 5.69 Å². The lowest BCUT2D eigenvalue weighted by molar-refractivity contribution is 0.0487. The fourth-order valence-corrected chi connectivity index (χ4v) is 8.28. The summed E-state index contributed by atoms with van der Waals surface area (Å²) in [4.78, 5) is 18.5. The van der Waals surface area contributed by atoms with E-state index in [1.54, 1.807) is 42.7 Å². The summed E-state index contributed by atoms with van der Waals surface area (Å²) in [5.41, 5.74) is 2.92. The van der Waals surface area contributed by atoms with Gasteiger partial charge in [0.2, 0.25) is 0 Å². The number of halogens is 1. The Bertz CT molecular complexity index is 1570. The Morgan fingerprint density at radius 2 is 1.76 bits per heavy atom. The largest absolute Gasteiger partial charge is 0.292 e. The second-order valence-corrected chi connectivity index (χ2v) is 12.8. The third-order valence-electron chi connectivity index (χ3n) is 8.25. The minimum absolute atomic E-state index is 0.0369. The number of rotatable bonds is 6. The molecule has 1 unspecified atom stereocenters. The minimum atomic E-state index is -3.49. The number of sulfone groups is 1. The molecule has 1 fully saturated rings. The molecule has 0 bridgehead atoms. The smallest absolute Gasteiger partial charge is 0.187 e. The van der Waals surface area contributed by atoms with E-state index in [4.69, 9.17) is 0 Å². The highest BCUT2D eigenvalue weighted by Gasteiger charge is 2.54. The topological polar surface area (TPSA) is 81.9 Å². The van der Waals surface area contributed by atoms with Crippen molar-refractivity contribution in [1.82, 2.24) is 14.8 Å². The number of fused-ring (bicyclic) bond motifs is 2. The zero-order valence-corrected chi connectivity index (χ0v) is 21.6. The van der Waals surface area contributed by atoms with Gasteiger partial charge in [-0.15, -0.1) is 0 Å². The molecule has 8 heteroatoms. The minimum Gasteiger partial charge on any atom is -0.292 e. The molecule has 2 heterocycles. The van der Waals surface area contributed by atoms with Crippen molar-refractivity contribution < 1.29 is 17.6 Å². The van der Waals surface area contributed by atoms with Gasteiger partial charge in [0.1, 0.15) is 11.5 Å². The highest BCUT2D eigenvalue weighted by atomic mass is 32.2. The Morgan fingerprint density at radius 3 is 2.50 bits per heavy atom. The van der Waals surface area contributed by atoms with Gasteiger partial charge in [-0.2, -0.15) is 5.10 Å². The van der Waals surface area contributed by atoms with Crippen molar-refractivity contribution in [2.75, 3.05) is 0 Å². The van der Waals surface area contributed by atoms with E-state index in [-0.39, 0.29) is 29.7 Å². The summed E-state index contributed by atoms with van der Waals surface area (Å²) in [6.07, 6.45) is 5.76.